The Morgan fingerprint density at radius 1 is 1.09 bits per heavy atom. The van der Waals surface area contributed by atoms with Crippen molar-refractivity contribution in [1.29, 1.82) is 0 Å². The van der Waals surface area contributed by atoms with E-state index in [-0.39, 0.29) is 28.2 Å². The lowest BCUT2D eigenvalue weighted by Crippen LogP contribution is -2.41. The fraction of sp³-hybridized carbons (Fsp3) is 0.440. The van der Waals surface area contributed by atoms with Gasteiger partial charge < -0.3 is 14.2 Å². The van der Waals surface area contributed by atoms with Gasteiger partial charge in [-0.05, 0) is 75.4 Å². The minimum Gasteiger partial charge on any atom is -0.444 e. The smallest absolute Gasteiger partial charge is 0.410 e. The van der Waals surface area contributed by atoms with Crippen molar-refractivity contribution >= 4 is 27.0 Å². The second-order valence-corrected chi connectivity index (χ2v) is 11.9. The number of aryl methyl sites for hydroxylation is 1. The molecule has 4 rings (SSSR count). The summed E-state index contributed by atoms with van der Waals surface area (Å²) in [6.07, 6.45) is 2.12. The molecule has 0 atom stereocenters. The minimum atomic E-state index is -3.30. The molecule has 1 fully saturated rings. The lowest BCUT2D eigenvalue weighted by molar-refractivity contribution is 0.0204. The molecule has 0 spiro atoms. The Bertz CT molecular complexity index is 1330. The van der Waals surface area contributed by atoms with Crippen LogP contribution in [-0.4, -0.2) is 53.9 Å². The third kappa shape index (κ3) is 4.80. The summed E-state index contributed by atoms with van der Waals surface area (Å²) in [5.74, 6) is 0.205. The number of benzene rings is 2. The van der Waals surface area contributed by atoms with E-state index >= 15 is 4.39 Å². The molecule has 0 aliphatic carbocycles. The predicted octanol–water partition coefficient (Wildman–Crippen LogP) is 4.90. The third-order valence-electron chi connectivity index (χ3n) is 6.15. The first-order valence-electron chi connectivity index (χ1n) is 11.3. The van der Waals surface area contributed by atoms with E-state index < -0.39 is 15.4 Å². The Hall–Kier alpha value is -2.94. The van der Waals surface area contributed by atoms with Crippen molar-refractivity contribution in [2.75, 3.05) is 19.3 Å². The van der Waals surface area contributed by atoms with Crippen LogP contribution in [-0.2, 0) is 21.6 Å². The van der Waals surface area contributed by atoms with Crippen LogP contribution in [0, 0.1) is 5.82 Å². The molecule has 9 heteroatoms. The fourth-order valence-electron chi connectivity index (χ4n) is 4.37. The van der Waals surface area contributed by atoms with Crippen LogP contribution in [0.1, 0.15) is 45.1 Å². The maximum Gasteiger partial charge on any atom is 0.410 e. The number of ether oxygens (including phenoxy) is 1. The molecule has 1 aliphatic rings. The van der Waals surface area contributed by atoms with Crippen LogP contribution in [0.3, 0.4) is 0 Å². The molecule has 7 nitrogen and oxygen atoms in total. The summed E-state index contributed by atoms with van der Waals surface area (Å²) in [6.45, 7) is 6.53. The number of nitrogens with zero attached hydrogens (tertiary/aromatic N) is 3. The van der Waals surface area contributed by atoms with Gasteiger partial charge in [0.1, 0.15) is 16.9 Å². The summed E-state index contributed by atoms with van der Waals surface area (Å²) < 4.78 is 46.3. The van der Waals surface area contributed by atoms with Gasteiger partial charge in [-0.2, -0.15) is 0 Å². The van der Waals surface area contributed by atoms with Gasteiger partial charge in [0.25, 0.3) is 0 Å². The fourth-order valence-corrected chi connectivity index (χ4v) is 5.00. The van der Waals surface area contributed by atoms with Gasteiger partial charge in [0.2, 0.25) is 0 Å². The highest BCUT2D eigenvalue weighted by atomic mass is 32.2. The largest absolute Gasteiger partial charge is 0.444 e. The monoisotopic (exact) mass is 487 g/mol. The van der Waals surface area contributed by atoms with Crippen molar-refractivity contribution in [2.45, 2.75) is 50.0 Å². The van der Waals surface area contributed by atoms with Crippen LogP contribution in [0.2, 0.25) is 0 Å². The zero-order valence-corrected chi connectivity index (χ0v) is 20.9. The number of sulfone groups is 1. The summed E-state index contributed by atoms with van der Waals surface area (Å²) in [6, 6.07) is 10.1. The molecule has 0 N–H and O–H groups in total. The van der Waals surface area contributed by atoms with Gasteiger partial charge in [0.15, 0.2) is 15.7 Å². The quantitative estimate of drug-likeness (QED) is 0.525. The average Bonchev–Trinajstić information content (AvgIpc) is 3.10. The molecule has 1 aromatic heterocycles. The van der Waals surface area contributed by atoms with Crippen LogP contribution < -0.4 is 0 Å². The lowest BCUT2D eigenvalue weighted by Gasteiger charge is -2.33. The molecule has 0 radical (unpaired) electrons. The Kier molecular flexibility index (Phi) is 6.18. The molecular weight excluding hydrogens is 457 g/mol. The lowest BCUT2D eigenvalue weighted by atomic mass is 9.89. The molecule has 0 saturated carbocycles. The third-order valence-corrected chi connectivity index (χ3v) is 7.28. The molecule has 34 heavy (non-hydrogen) atoms. The molecule has 1 aliphatic heterocycles. The second kappa shape index (κ2) is 8.69. The number of rotatable bonds is 3. The van der Waals surface area contributed by atoms with Crippen molar-refractivity contribution in [3.05, 3.63) is 47.8 Å². The van der Waals surface area contributed by atoms with Crippen molar-refractivity contribution in [3.63, 3.8) is 0 Å². The highest BCUT2D eigenvalue weighted by Crippen LogP contribution is 2.34. The maximum atomic E-state index is 15.6. The average molecular weight is 488 g/mol. The Morgan fingerprint density at radius 2 is 1.71 bits per heavy atom. The molecular formula is C25H30FN3O4S. The Labute approximate surface area is 199 Å². The van der Waals surface area contributed by atoms with Crippen LogP contribution in [0.4, 0.5) is 9.18 Å². The van der Waals surface area contributed by atoms with Crippen LogP contribution in [0.25, 0.3) is 22.4 Å². The normalized spacial score (nSPS) is 15.6. The Morgan fingerprint density at radius 3 is 2.26 bits per heavy atom. The van der Waals surface area contributed by atoms with E-state index in [1.165, 1.54) is 12.1 Å². The van der Waals surface area contributed by atoms with Gasteiger partial charge >= 0.3 is 6.09 Å². The number of imidazole rings is 1. The molecule has 0 unspecified atom stereocenters. The maximum absolute atomic E-state index is 15.6. The SMILES string of the molecule is Cn1c(-c2ccc(S(C)(=O)=O)cc2)nc2c(F)c(C3CCN(C(=O)OC(C)(C)C)CC3)ccc21. The predicted molar refractivity (Wildman–Crippen MR) is 129 cm³/mol. The summed E-state index contributed by atoms with van der Waals surface area (Å²) in [5.41, 5.74) is 1.71. The first-order chi connectivity index (χ1) is 15.8. The number of carbonyl (C=O) groups is 1. The number of carbonyl (C=O) groups excluding carboxylic acids is 1. The molecule has 1 saturated heterocycles. The summed E-state index contributed by atoms with van der Waals surface area (Å²) >= 11 is 0. The number of piperidine rings is 1. The number of likely N-dealkylation sites (tertiary alicyclic amines) is 1. The van der Waals surface area contributed by atoms with Crippen molar-refractivity contribution in [2.24, 2.45) is 7.05 Å². The second-order valence-electron chi connectivity index (χ2n) is 9.87. The number of amides is 1. The van der Waals surface area contributed by atoms with E-state index in [2.05, 4.69) is 4.98 Å². The number of halogens is 1. The summed E-state index contributed by atoms with van der Waals surface area (Å²) in [7, 11) is -1.49. The van der Waals surface area contributed by atoms with Crippen LogP contribution >= 0.6 is 0 Å². The Balaban J connectivity index is 1.58. The highest BCUT2D eigenvalue weighted by Gasteiger charge is 2.29. The van der Waals surface area contributed by atoms with Crippen LogP contribution in [0.5, 0.6) is 0 Å². The van der Waals surface area contributed by atoms with Gasteiger partial charge in [0, 0.05) is 32.0 Å². The minimum absolute atomic E-state index is 0.0115. The standard InChI is InChI=1S/C25H30FN3O4S/c1-25(2,3)33-24(30)29-14-12-16(13-15-29)19-10-11-20-22(21(19)26)27-23(28(20)4)17-6-8-18(9-7-17)34(5,31)32/h6-11,16H,12-15H2,1-5H3. The number of hydrogen-bond donors (Lipinski definition) is 0. The van der Waals surface area contributed by atoms with Crippen molar-refractivity contribution in [3.8, 4) is 11.4 Å². The molecule has 1 amide bonds. The van der Waals surface area contributed by atoms with E-state index in [1.807, 2.05) is 44.5 Å². The van der Waals surface area contributed by atoms with Crippen molar-refractivity contribution in [1.82, 2.24) is 14.5 Å². The highest BCUT2D eigenvalue weighted by molar-refractivity contribution is 7.90. The summed E-state index contributed by atoms with van der Waals surface area (Å²) in [5, 5.41) is 0. The summed E-state index contributed by atoms with van der Waals surface area (Å²) in [4.78, 5) is 18.8. The van der Waals surface area contributed by atoms with Gasteiger partial charge in [-0.1, -0.05) is 6.07 Å². The number of fused-ring (bicyclic) bond motifs is 1. The topological polar surface area (TPSA) is 81.5 Å². The van der Waals surface area contributed by atoms with Gasteiger partial charge in [-0.15, -0.1) is 0 Å². The van der Waals surface area contributed by atoms with E-state index in [9.17, 15) is 13.2 Å². The van der Waals surface area contributed by atoms with Gasteiger partial charge in [-0.25, -0.2) is 22.6 Å². The van der Waals surface area contributed by atoms with Crippen molar-refractivity contribution < 1.29 is 22.3 Å². The van der Waals surface area contributed by atoms with E-state index in [0.717, 1.165) is 6.26 Å². The zero-order chi connectivity index (χ0) is 24.8. The molecule has 3 aromatic rings. The molecule has 2 heterocycles. The first kappa shape index (κ1) is 24.2. The first-order valence-corrected chi connectivity index (χ1v) is 13.2. The van der Waals surface area contributed by atoms with Crippen LogP contribution in [0.15, 0.2) is 41.3 Å². The van der Waals surface area contributed by atoms with E-state index in [4.69, 9.17) is 4.74 Å². The molecule has 0 bridgehead atoms. The van der Waals surface area contributed by atoms with E-state index in [1.54, 1.807) is 17.0 Å². The van der Waals surface area contributed by atoms with Gasteiger partial charge in [-0.3, -0.25) is 0 Å². The van der Waals surface area contributed by atoms with E-state index in [0.29, 0.717) is 48.4 Å². The molecule has 2 aromatic carbocycles. The molecule has 182 valence electrons. The zero-order valence-electron chi connectivity index (χ0n) is 20.1. The van der Waals surface area contributed by atoms with Gasteiger partial charge in [0.05, 0.1) is 10.4 Å². The number of hydrogen-bond acceptors (Lipinski definition) is 5. The number of aromatic nitrogens is 2.